The Morgan fingerprint density at radius 3 is 2.40 bits per heavy atom. The first kappa shape index (κ1) is 22.4. The molecule has 0 saturated carbocycles. The van der Waals surface area contributed by atoms with E-state index in [9.17, 15) is 22.0 Å². The summed E-state index contributed by atoms with van der Waals surface area (Å²) in [5.74, 6) is -3.89. The number of nitrogens with zero attached hydrogens (tertiary/aromatic N) is 1. The van der Waals surface area contributed by atoms with Crippen LogP contribution in [-0.4, -0.2) is 43.6 Å². The highest BCUT2D eigenvalue weighted by atomic mass is 32.2. The van der Waals surface area contributed by atoms with E-state index in [1.165, 1.54) is 0 Å². The molecule has 1 fully saturated rings. The van der Waals surface area contributed by atoms with Crippen LogP contribution in [0.2, 0.25) is 0 Å². The van der Waals surface area contributed by atoms with Gasteiger partial charge in [-0.05, 0) is 29.5 Å². The number of carbonyl (C=O) groups is 1. The highest BCUT2D eigenvalue weighted by molar-refractivity contribution is 7.89. The van der Waals surface area contributed by atoms with Gasteiger partial charge in [0.1, 0.15) is 0 Å². The van der Waals surface area contributed by atoms with E-state index in [0.717, 1.165) is 16.7 Å². The third-order valence-corrected chi connectivity index (χ3v) is 6.45. The fourth-order valence-electron chi connectivity index (χ4n) is 3.86. The molecule has 1 saturated heterocycles. The summed E-state index contributed by atoms with van der Waals surface area (Å²) in [7, 11) is -4.75. The van der Waals surface area contributed by atoms with E-state index in [4.69, 9.17) is 0 Å². The van der Waals surface area contributed by atoms with Crippen LogP contribution in [-0.2, 0) is 21.2 Å². The molecule has 30 heavy (non-hydrogen) atoms. The molecule has 1 amide bonds. The molecule has 3 rings (SSSR count). The summed E-state index contributed by atoms with van der Waals surface area (Å²) >= 11 is 0. The smallest absolute Gasteiger partial charge is 0.337 e. The number of likely N-dealkylation sites (tertiary alicyclic amines) is 1. The molecule has 2 atom stereocenters. The first-order valence-electron chi connectivity index (χ1n) is 9.93. The van der Waals surface area contributed by atoms with E-state index in [2.05, 4.69) is 4.72 Å². The molecule has 2 aromatic carbocycles. The van der Waals surface area contributed by atoms with Crippen molar-refractivity contribution in [2.24, 2.45) is 5.92 Å². The summed E-state index contributed by atoms with van der Waals surface area (Å²) in [5.41, 5.74) is 2.94. The lowest BCUT2D eigenvalue weighted by Gasteiger charge is -2.30. The number of amides is 1. The average molecular weight is 437 g/mol. The number of alkyl halides is 2. The van der Waals surface area contributed by atoms with E-state index >= 15 is 0 Å². The molecule has 0 aromatic heterocycles. The quantitative estimate of drug-likeness (QED) is 0.720. The molecule has 2 aromatic rings. The van der Waals surface area contributed by atoms with Gasteiger partial charge in [-0.25, -0.2) is 13.1 Å². The van der Waals surface area contributed by atoms with Gasteiger partial charge in [-0.3, -0.25) is 4.79 Å². The number of rotatable bonds is 7. The fourth-order valence-corrected chi connectivity index (χ4v) is 4.66. The predicted octanol–water partition coefficient (Wildman–Crippen LogP) is 3.66. The van der Waals surface area contributed by atoms with Crippen LogP contribution in [0, 0.1) is 5.92 Å². The van der Waals surface area contributed by atoms with Crippen LogP contribution in [0.1, 0.15) is 25.8 Å². The minimum atomic E-state index is -4.75. The van der Waals surface area contributed by atoms with Gasteiger partial charge in [0.15, 0.2) is 0 Å². The van der Waals surface area contributed by atoms with Crippen LogP contribution in [0.4, 0.5) is 8.78 Å². The van der Waals surface area contributed by atoms with Crippen molar-refractivity contribution in [3.8, 4) is 11.1 Å². The third kappa shape index (κ3) is 5.05. The lowest BCUT2D eigenvalue weighted by Crippen LogP contribution is -2.49. The lowest BCUT2D eigenvalue weighted by molar-refractivity contribution is -0.135. The van der Waals surface area contributed by atoms with E-state index < -0.39 is 27.9 Å². The van der Waals surface area contributed by atoms with Gasteiger partial charge in [-0.1, -0.05) is 68.4 Å². The van der Waals surface area contributed by atoms with Crippen LogP contribution in [0.25, 0.3) is 11.1 Å². The molecule has 162 valence electrons. The van der Waals surface area contributed by atoms with Gasteiger partial charge >= 0.3 is 5.76 Å². The van der Waals surface area contributed by atoms with Gasteiger partial charge in [-0.15, -0.1) is 0 Å². The van der Waals surface area contributed by atoms with Crippen molar-refractivity contribution >= 4 is 15.9 Å². The molecule has 1 N–H and O–H groups in total. The maximum Gasteiger partial charge on any atom is 0.350 e. The maximum absolute atomic E-state index is 12.9. The minimum Gasteiger partial charge on any atom is -0.337 e. The van der Waals surface area contributed by atoms with Crippen molar-refractivity contribution in [1.82, 2.24) is 9.62 Å². The molecule has 0 radical (unpaired) electrons. The molecule has 5 nitrogen and oxygen atoms in total. The molecule has 1 aliphatic heterocycles. The Hall–Kier alpha value is -2.32. The van der Waals surface area contributed by atoms with Crippen molar-refractivity contribution < 1.29 is 22.0 Å². The Morgan fingerprint density at radius 2 is 1.77 bits per heavy atom. The zero-order chi connectivity index (χ0) is 21.9. The van der Waals surface area contributed by atoms with E-state index in [1.54, 1.807) is 18.7 Å². The predicted molar refractivity (Wildman–Crippen MR) is 112 cm³/mol. The van der Waals surface area contributed by atoms with Crippen LogP contribution in [0.3, 0.4) is 0 Å². The first-order chi connectivity index (χ1) is 14.2. The van der Waals surface area contributed by atoms with E-state index in [1.807, 2.05) is 54.6 Å². The number of sulfonamides is 1. The zero-order valence-corrected chi connectivity index (χ0v) is 17.8. The molecule has 1 aliphatic rings. The summed E-state index contributed by atoms with van der Waals surface area (Å²) in [5, 5.41) is 0. The Labute approximate surface area is 176 Å². The number of benzene rings is 2. The van der Waals surface area contributed by atoms with Crippen molar-refractivity contribution in [1.29, 1.82) is 0 Å². The topological polar surface area (TPSA) is 66.5 Å². The summed E-state index contributed by atoms with van der Waals surface area (Å²) in [6.45, 7) is 3.87. The number of nitrogens with one attached hydrogen (secondary N) is 1. The number of hydrogen-bond donors (Lipinski definition) is 1. The molecule has 8 heteroatoms. The highest BCUT2D eigenvalue weighted by Crippen LogP contribution is 2.27. The molecule has 0 spiro atoms. The Kier molecular flexibility index (Phi) is 6.88. The van der Waals surface area contributed by atoms with E-state index in [0.29, 0.717) is 19.4 Å². The van der Waals surface area contributed by atoms with Crippen LogP contribution >= 0.6 is 0 Å². The molecule has 1 heterocycles. The molecule has 0 bridgehead atoms. The van der Waals surface area contributed by atoms with Gasteiger partial charge in [-0.2, -0.15) is 8.78 Å². The standard InChI is InChI=1S/C22H26F2N2O3S/c1-15(2)21(27)26-12-11-19(25-30(28,29)22(23)24)20(26)14-16-7-6-10-18(13-16)17-8-4-3-5-9-17/h3-10,13,15,19-20,22,25H,11-12,14H2,1-2H3/t19-,20-/m1/s1. The Bertz CT molecular complexity index is 981. The summed E-state index contributed by atoms with van der Waals surface area (Å²) < 4.78 is 51.5. The maximum atomic E-state index is 12.9. The van der Waals surface area contributed by atoms with Crippen molar-refractivity contribution in [3.63, 3.8) is 0 Å². The monoisotopic (exact) mass is 436 g/mol. The van der Waals surface area contributed by atoms with Crippen LogP contribution in [0.15, 0.2) is 54.6 Å². The van der Waals surface area contributed by atoms with Crippen LogP contribution < -0.4 is 4.72 Å². The summed E-state index contributed by atoms with van der Waals surface area (Å²) in [4.78, 5) is 14.3. The second-order valence-corrected chi connectivity index (χ2v) is 9.52. The highest BCUT2D eigenvalue weighted by Gasteiger charge is 2.41. The minimum absolute atomic E-state index is 0.113. The summed E-state index contributed by atoms with van der Waals surface area (Å²) in [6, 6.07) is 16.3. The van der Waals surface area contributed by atoms with E-state index in [-0.39, 0.29) is 11.8 Å². The molecular weight excluding hydrogens is 410 g/mol. The lowest BCUT2D eigenvalue weighted by atomic mass is 9.96. The molecular formula is C22H26F2N2O3S. The summed E-state index contributed by atoms with van der Waals surface area (Å²) in [6.07, 6.45) is 0.670. The van der Waals surface area contributed by atoms with Crippen molar-refractivity contribution in [2.75, 3.05) is 6.54 Å². The van der Waals surface area contributed by atoms with Crippen LogP contribution in [0.5, 0.6) is 0 Å². The van der Waals surface area contributed by atoms with Gasteiger partial charge in [0, 0.05) is 18.5 Å². The Morgan fingerprint density at radius 1 is 1.10 bits per heavy atom. The SMILES string of the molecule is CC(C)C(=O)N1CC[C@@H](NS(=O)(=O)C(F)F)[C@H]1Cc1cccc(-c2ccccc2)c1. The molecule has 0 aliphatic carbocycles. The van der Waals surface area contributed by atoms with Crippen molar-refractivity contribution in [2.45, 2.75) is 44.5 Å². The largest absolute Gasteiger partial charge is 0.350 e. The number of carbonyl (C=O) groups excluding carboxylic acids is 1. The van der Waals surface area contributed by atoms with Gasteiger partial charge < -0.3 is 4.90 Å². The van der Waals surface area contributed by atoms with Gasteiger partial charge in [0.2, 0.25) is 5.91 Å². The normalized spacial score (nSPS) is 19.6. The Balaban J connectivity index is 1.89. The fraction of sp³-hybridized carbons (Fsp3) is 0.409. The number of hydrogen-bond acceptors (Lipinski definition) is 3. The second-order valence-electron chi connectivity index (χ2n) is 7.84. The first-order valence-corrected chi connectivity index (χ1v) is 11.5. The number of halogens is 2. The average Bonchev–Trinajstić information content (AvgIpc) is 3.09. The third-order valence-electron chi connectivity index (χ3n) is 5.35. The van der Waals surface area contributed by atoms with Gasteiger partial charge in [0.25, 0.3) is 10.0 Å². The second kappa shape index (κ2) is 9.22. The van der Waals surface area contributed by atoms with Crippen molar-refractivity contribution in [3.05, 3.63) is 60.2 Å². The molecule has 0 unspecified atom stereocenters. The zero-order valence-electron chi connectivity index (χ0n) is 17.0. The van der Waals surface area contributed by atoms with Gasteiger partial charge in [0.05, 0.1) is 6.04 Å².